The van der Waals surface area contributed by atoms with E-state index in [4.69, 9.17) is 9.15 Å². The van der Waals surface area contributed by atoms with E-state index in [1.807, 2.05) is 75.6 Å². The topological polar surface area (TPSA) is 23.5 Å². The van der Waals surface area contributed by atoms with Crippen LogP contribution in [0.4, 0.5) is 25.9 Å². The average molecular weight is 799 g/mol. The predicted octanol–water partition coefficient (Wildman–Crippen LogP) is 6.76. The third-order valence-electron chi connectivity index (χ3n) is 7.91. The van der Waals surface area contributed by atoms with Crippen LogP contribution in [-0.2, 0) is 4.74 Å². The van der Waals surface area contributed by atoms with Crippen molar-refractivity contribution in [2.24, 2.45) is 0 Å². The van der Waals surface area contributed by atoms with E-state index in [0.29, 0.717) is 0 Å². The highest BCUT2D eigenvalue weighted by Gasteiger charge is 2.16. The number of hydrogen-bond donors (Lipinski definition) is 0. The second-order valence-electron chi connectivity index (χ2n) is 12.2. The summed E-state index contributed by atoms with van der Waals surface area (Å²) in [5.74, 6) is 3.50. The molecule has 2 heterocycles. The summed E-state index contributed by atoms with van der Waals surface area (Å²) in [5.41, 5.74) is 9.19. The van der Waals surface area contributed by atoms with Gasteiger partial charge >= 0.3 is 26.6 Å². The zero-order valence-corrected chi connectivity index (χ0v) is 31.8. The largest absolute Gasteiger partial charge is 1.00 e. The Kier molecular flexibility index (Phi) is 20.5. The Morgan fingerprint density at radius 3 is 1.47 bits per heavy atom. The second kappa shape index (κ2) is 24.9. The third-order valence-corrected chi connectivity index (χ3v) is 7.91. The van der Waals surface area contributed by atoms with Crippen molar-refractivity contribution < 1.29 is 49.0 Å². The summed E-state index contributed by atoms with van der Waals surface area (Å²) in [6, 6.07) is 45.3. The van der Waals surface area contributed by atoms with Gasteiger partial charge in [0.15, 0.2) is 5.71 Å². The summed E-state index contributed by atoms with van der Waals surface area (Å²) in [6.45, 7) is 1.98. The molecule has 0 spiro atoms. The van der Waals surface area contributed by atoms with Gasteiger partial charge < -0.3 is 14.1 Å². The zero-order valence-electron chi connectivity index (χ0n) is 31.8. The molecule has 0 saturated heterocycles. The summed E-state index contributed by atoms with van der Waals surface area (Å²) < 4.78 is 72.1. The van der Waals surface area contributed by atoms with E-state index in [1.54, 1.807) is 0 Å². The molecule has 0 atom stereocenters. The summed E-state index contributed by atoms with van der Waals surface area (Å²) in [4.78, 5) is 0. The Hall–Kier alpha value is -6.49. The molecule has 0 unspecified atom stereocenters. The predicted molar refractivity (Wildman–Crippen MR) is 218 cm³/mol. The maximum absolute atomic E-state index is 9.67. The second-order valence-corrected chi connectivity index (χ2v) is 12.2. The number of benzene rings is 4. The molecule has 1 aliphatic heterocycles. The minimum atomic E-state index is -3.67. The van der Waals surface area contributed by atoms with Crippen LogP contribution < -0.4 is 9.41 Å². The molecule has 298 valence electrons. The lowest BCUT2D eigenvalue weighted by Crippen LogP contribution is -3.00. The van der Waals surface area contributed by atoms with Gasteiger partial charge in [0.05, 0.1) is 18.6 Å². The minimum Gasteiger partial charge on any atom is -1.00 e. The van der Waals surface area contributed by atoms with Crippen LogP contribution >= 0.6 is 0 Å². The van der Waals surface area contributed by atoms with Gasteiger partial charge in [-0.25, -0.2) is 8.99 Å². The number of ether oxygens (including phenoxy) is 1. The van der Waals surface area contributed by atoms with Crippen molar-refractivity contribution in [1.29, 1.82) is 0 Å². The van der Waals surface area contributed by atoms with Crippen LogP contribution in [0.5, 0.6) is 0 Å². The van der Waals surface area contributed by atoms with Gasteiger partial charge in [0.1, 0.15) is 25.6 Å². The lowest BCUT2D eigenvalue weighted by atomic mass is 10.0. The van der Waals surface area contributed by atoms with Crippen molar-refractivity contribution in [2.75, 3.05) is 14.1 Å². The fourth-order valence-electron chi connectivity index (χ4n) is 5.38. The first-order valence-corrected chi connectivity index (χ1v) is 17.4. The first-order valence-electron chi connectivity index (χ1n) is 17.4. The van der Waals surface area contributed by atoms with Crippen molar-refractivity contribution in [2.45, 2.75) is 6.92 Å². The summed E-state index contributed by atoms with van der Waals surface area (Å²) in [6.07, 6.45) is 16.8. The van der Waals surface area contributed by atoms with Crippen LogP contribution in [0.15, 0.2) is 198 Å². The van der Waals surface area contributed by atoms with Crippen LogP contribution in [0.3, 0.4) is 0 Å². The van der Waals surface area contributed by atoms with Crippen molar-refractivity contribution in [1.82, 2.24) is 0 Å². The average Bonchev–Trinajstić information content (AvgIpc) is 3.21. The molecule has 0 radical (unpaired) electrons. The van der Waals surface area contributed by atoms with E-state index in [1.165, 1.54) is 22.4 Å². The van der Waals surface area contributed by atoms with E-state index < -0.39 is 15.1 Å². The van der Waals surface area contributed by atoms with Crippen LogP contribution in [0.2, 0.25) is 0 Å². The Morgan fingerprint density at radius 1 is 0.534 bits per heavy atom. The maximum atomic E-state index is 9.67. The van der Waals surface area contributed by atoms with E-state index >= 15 is 0 Å². The molecule has 58 heavy (non-hydrogen) atoms. The van der Waals surface area contributed by atoms with Crippen LogP contribution in [0, 0.1) is 6.92 Å². The molecular formula is C45H39B2F8NO2. The van der Waals surface area contributed by atoms with Crippen molar-refractivity contribution in [3.05, 3.63) is 210 Å². The molecule has 4 aromatic carbocycles. The summed E-state index contributed by atoms with van der Waals surface area (Å²) in [5, 5.41) is 0. The van der Waals surface area contributed by atoms with Gasteiger partial charge in [-0.2, -0.15) is 0 Å². The van der Waals surface area contributed by atoms with Crippen LogP contribution in [0.1, 0.15) is 16.9 Å². The standard InChI is InChI=1S/C27H24NO.C18H15O.2BF3.2FH/c1-28(2)25-16-13-21(14-17-25)15-18-26-19-24(22-9-5-3-6-10-22)20-27(29-26)23-11-7-4-8-12-23;1-14-12-17(15-8-4-2-5-9-15)13-18(19-14)16-10-6-3-7-11-16;2*2-1(3)4;;/h3-20H,1-2H3;2-13H,1H3;;;2*1H/q2*+1;;;;/p-2. The van der Waals surface area contributed by atoms with Gasteiger partial charge in [0, 0.05) is 29.3 Å². The number of hydrogen-bond acceptors (Lipinski definition) is 1. The fraction of sp³-hybridized carbons (Fsp3) is 0.0667. The number of aryl methyl sites for hydroxylation is 1. The molecule has 13 heteroatoms. The summed E-state index contributed by atoms with van der Waals surface area (Å²) in [7, 11) is -3.24. The third kappa shape index (κ3) is 16.3. The lowest BCUT2D eigenvalue weighted by molar-refractivity contribution is -0.462. The molecule has 0 saturated carbocycles. The van der Waals surface area contributed by atoms with E-state index in [2.05, 4.69) is 132 Å². The molecule has 0 fully saturated rings. The number of rotatable bonds is 5. The number of nitrogens with zero attached hydrogens (tertiary/aromatic N) is 1. The van der Waals surface area contributed by atoms with Crippen LogP contribution in [0.25, 0.3) is 33.8 Å². The van der Waals surface area contributed by atoms with Gasteiger partial charge in [-0.1, -0.05) is 115 Å². The highest BCUT2D eigenvalue weighted by atomic mass is 19.4. The van der Waals surface area contributed by atoms with Gasteiger partial charge in [0.2, 0.25) is 0 Å². The monoisotopic (exact) mass is 799 g/mol. The van der Waals surface area contributed by atoms with Crippen molar-refractivity contribution in [3.8, 4) is 22.5 Å². The molecule has 2 aliphatic rings. The SMILES string of the molecule is C[N+](C)=C1C=CC(=CC=C2C=C(c3ccccc3)C=C(c3ccccc3)O2)C=C1.Cc1cc(-c2ccccc2)cc(-c2ccccc2)[o+]1.FB(F)F.FB(F)F.[F-].[F-]. The quantitative estimate of drug-likeness (QED) is 0.0850. The maximum Gasteiger partial charge on any atom is 0.762 e. The molecule has 5 aromatic rings. The molecule has 0 amide bonds. The normalized spacial score (nSPS) is 12.8. The highest BCUT2D eigenvalue weighted by molar-refractivity contribution is 6.33. The molecular weight excluding hydrogens is 760 g/mol. The van der Waals surface area contributed by atoms with Gasteiger partial charge in [0.25, 0.3) is 0 Å². The molecule has 1 aromatic heterocycles. The Morgan fingerprint density at radius 2 is 0.983 bits per heavy atom. The van der Waals surface area contributed by atoms with Gasteiger partial charge in [-0.05, 0) is 64.8 Å². The first kappa shape index (κ1) is 47.7. The smallest absolute Gasteiger partial charge is 0.762 e. The summed E-state index contributed by atoms with van der Waals surface area (Å²) >= 11 is 0. The van der Waals surface area contributed by atoms with E-state index in [0.717, 1.165) is 45.3 Å². The van der Waals surface area contributed by atoms with Crippen molar-refractivity contribution in [3.63, 3.8) is 0 Å². The molecule has 0 N–H and O–H groups in total. The first-order chi connectivity index (χ1) is 27.0. The Labute approximate surface area is 334 Å². The van der Waals surface area contributed by atoms with Gasteiger partial charge in [-0.3, -0.25) is 25.9 Å². The molecule has 7 rings (SSSR count). The number of allylic oxidation sites excluding steroid dienone is 10. The minimum absolute atomic E-state index is 0. The van der Waals surface area contributed by atoms with Crippen molar-refractivity contribution >= 4 is 32.1 Å². The zero-order chi connectivity index (χ0) is 40.3. The van der Waals surface area contributed by atoms with Gasteiger partial charge in [-0.15, -0.1) is 0 Å². The van der Waals surface area contributed by atoms with Crippen LogP contribution in [-0.4, -0.2) is 39.5 Å². The van der Waals surface area contributed by atoms with E-state index in [9.17, 15) is 25.9 Å². The Balaban J connectivity index is 0.000000345. The Bertz CT molecular complexity index is 2140. The fourth-order valence-corrected chi connectivity index (χ4v) is 5.38. The molecule has 0 bridgehead atoms. The molecule has 1 aliphatic carbocycles. The highest BCUT2D eigenvalue weighted by Crippen LogP contribution is 2.32. The van der Waals surface area contributed by atoms with E-state index in [-0.39, 0.29) is 9.41 Å². The molecule has 3 nitrogen and oxygen atoms in total. The lowest BCUT2D eigenvalue weighted by Gasteiger charge is -2.18. The number of halogens is 8.